The van der Waals surface area contributed by atoms with Gasteiger partial charge in [0.2, 0.25) is 0 Å². The molecule has 0 fully saturated rings. The van der Waals surface area contributed by atoms with Crippen LogP contribution >= 0.6 is 27.5 Å². The van der Waals surface area contributed by atoms with Crippen molar-refractivity contribution in [3.8, 4) is 0 Å². The molecule has 0 heterocycles. The predicted octanol–water partition coefficient (Wildman–Crippen LogP) is 5.16. The molecule has 0 aliphatic rings. The molecule has 0 atom stereocenters. The molecule has 0 bridgehead atoms. The summed E-state index contributed by atoms with van der Waals surface area (Å²) in [4.78, 5) is 0. The molecule has 0 aliphatic carbocycles. The van der Waals surface area contributed by atoms with Crippen molar-refractivity contribution in [1.82, 2.24) is 0 Å². The van der Waals surface area contributed by atoms with E-state index in [1.807, 2.05) is 25.1 Å². The molecule has 0 aliphatic heterocycles. The fourth-order valence-corrected chi connectivity index (χ4v) is 2.41. The fourth-order valence-electron chi connectivity index (χ4n) is 1.62. The van der Waals surface area contributed by atoms with Crippen LogP contribution in [0.15, 0.2) is 40.9 Å². The normalized spacial score (nSPS) is 10.4. The first-order valence-corrected chi connectivity index (χ1v) is 6.67. The van der Waals surface area contributed by atoms with E-state index in [0.717, 1.165) is 10.2 Å². The molecule has 0 aromatic heterocycles. The first kappa shape index (κ1) is 13.4. The summed E-state index contributed by atoms with van der Waals surface area (Å²) >= 11 is 9.18. The molecule has 0 radical (unpaired) electrons. The van der Waals surface area contributed by atoms with E-state index in [1.54, 1.807) is 12.1 Å². The molecular weight excluding hydrogens is 317 g/mol. The van der Waals surface area contributed by atoms with Crippen molar-refractivity contribution in [2.45, 2.75) is 13.5 Å². The molecule has 1 N–H and O–H groups in total. The quantitative estimate of drug-likeness (QED) is 0.820. The van der Waals surface area contributed by atoms with Gasteiger partial charge in [0.05, 0.1) is 0 Å². The highest BCUT2D eigenvalue weighted by atomic mass is 79.9. The van der Waals surface area contributed by atoms with Crippen LogP contribution in [0.3, 0.4) is 0 Å². The van der Waals surface area contributed by atoms with E-state index >= 15 is 0 Å². The van der Waals surface area contributed by atoms with Gasteiger partial charge in [-0.15, -0.1) is 0 Å². The van der Waals surface area contributed by atoms with Gasteiger partial charge in [-0.1, -0.05) is 23.7 Å². The zero-order valence-electron chi connectivity index (χ0n) is 9.81. The van der Waals surface area contributed by atoms with E-state index in [9.17, 15) is 4.39 Å². The molecule has 2 aromatic carbocycles. The van der Waals surface area contributed by atoms with Crippen molar-refractivity contribution in [3.05, 3.63) is 62.8 Å². The van der Waals surface area contributed by atoms with Crippen molar-refractivity contribution in [3.63, 3.8) is 0 Å². The van der Waals surface area contributed by atoms with E-state index < -0.39 is 0 Å². The van der Waals surface area contributed by atoms with Crippen LogP contribution in [0.5, 0.6) is 0 Å². The van der Waals surface area contributed by atoms with Crippen LogP contribution in [0.4, 0.5) is 10.1 Å². The molecule has 18 heavy (non-hydrogen) atoms. The maximum Gasteiger partial charge on any atom is 0.129 e. The van der Waals surface area contributed by atoms with Gasteiger partial charge in [-0.2, -0.15) is 0 Å². The average molecular weight is 329 g/mol. The van der Waals surface area contributed by atoms with Gasteiger partial charge < -0.3 is 5.32 Å². The second-order valence-corrected chi connectivity index (χ2v) is 5.36. The summed E-state index contributed by atoms with van der Waals surface area (Å²) in [7, 11) is 0. The Morgan fingerprint density at radius 3 is 2.67 bits per heavy atom. The van der Waals surface area contributed by atoms with Crippen LogP contribution in [-0.4, -0.2) is 0 Å². The van der Waals surface area contributed by atoms with E-state index in [4.69, 9.17) is 11.6 Å². The number of hydrogen-bond donors (Lipinski definition) is 1. The van der Waals surface area contributed by atoms with Gasteiger partial charge in [-0.05, 0) is 52.7 Å². The number of hydrogen-bond acceptors (Lipinski definition) is 1. The van der Waals surface area contributed by atoms with Crippen molar-refractivity contribution < 1.29 is 4.39 Å². The van der Waals surface area contributed by atoms with Crippen LogP contribution < -0.4 is 5.32 Å². The third kappa shape index (κ3) is 3.24. The highest BCUT2D eigenvalue weighted by Gasteiger charge is 2.04. The van der Waals surface area contributed by atoms with E-state index in [1.165, 1.54) is 11.6 Å². The predicted molar refractivity (Wildman–Crippen MR) is 77.6 cm³/mol. The monoisotopic (exact) mass is 327 g/mol. The minimum absolute atomic E-state index is 0.293. The molecule has 94 valence electrons. The van der Waals surface area contributed by atoms with Gasteiger partial charge in [0.1, 0.15) is 5.82 Å². The zero-order chi connectivity index (χ0) is 13.1. The molecule has 1 nitrogen and oxygen atoms in total. The molecule has 2 aromatic rings. The smallest absolute Gasteiger partial charge is 0.129 e. The standard InChI is InChI=1S/C14H12BrClFN/c1-9-2-5-14(12(15)6-9)18-8-10-3-4-11(16)7-13(10)17/h2-7,18H,8H2,1H3. The van der Waals surface area contributed by atoms with Crippen molar-refractivity contribution in [2.24, 2.45) is 0 Å². The number of rotatable bonds is 3. The summed E-state index contributed by atoms with van der Waals surface area (Å²) in [6.07, 6.45) is 0. The van der Waals surface area contributed by atoms with E-state index in [0.29, 0.717) is 17.1 Å². The summed E-state index contributed by atoms with van der Waals surface area (Å²) in [5.74, 6) is -0.293. The Morgan fingerprint density at radius 2 is 2.00 bits per heavy atom. The van der Waals surface area contributed by atoms with Crippen molar-refractivity contribution in [1.29, 1.82) is 0 Å². The zero-order valence-corrected chi connectivity index (χ0v) is 12.1. The van der Waals surface area contributed by atoms with E-state index in [2.05, 4.69) is 21.2 Å². The minimum Gasteiger partial charge on any atom is -0.380 e. The summed E-state index contributed by atoms with van der Waals surface area (Å²) in [5, 5.41) is 3.60. The number of anilines is 1. The summed E-state index contributed by atoms with van der Waals surface area (Å²) in [6, 6.07) is 10.7. The lowest BCUT2D eigenvalue weighted by molar-refractivity contribution is 0.613. The third-order valence-electron chi connectivity index (χ3n) is 2.61. The number of benzene rings is 2. The van der Waals surface area contributed by atoms with E-state index in [-0.39, 0.29) is 5.82 Å². The molecule has 0 saturated carbocycles. The molecule has 0 amide bonds. The summed E-state index contributed by atoms with van der Waals surface area (Å²) < 4.78 is 14.6. The molecule has 0 unspecified atom stereocenters. The summed E-state index contributed by atoms with van der Waals surface area (Å²) in [6.45, 7) is 2.44. The number of aryl methyl sites for hydroxylation is 1. The first-order chi connectivity index (χ1) is 8.56. The number of nitrogens with one attached hydrogen (secondary N) is 1. The lowest BCUT2D eigenvalue weighted by Crippen LogP contribution is -2.02. The summed E-state index contributed by atoms with van der Waals surface area (Å²) in [5.41, 5.74) is 2.70. The van der Waals surface area contributed by atoms with Crippen molar-refractivity contribution >= 4 is 33.2 Å². The molecular formula is C14H12BrClFN. The Balaban J connectivity index is 2.11. The van der Waals surface area contributed by atoms with Gasteiger partial charge in [-0.25, -0.2) is 4.39 Å². The second kappa shape index (κ2) is 5.72. The molecule has 2 rings (SSSR count). The Bertz CT molecular complexity index is 520. The third-order valence-corrected chi connectivity index (χ3v) is 3.50. The Kier molecular flexibility index (Phi) is 4.25. The van der Waals surface area contributed by atoms with Crippen LogP contribution in [0, 0.1) is 12.7 Å². The van der Waals surface area contributed by atoms with Gasteiger partial charge in [0, 0.05) is 27.3 Å². The van der Waals surface area contributed by atoms with Crippen molar-refractivity contribution in [2.75, 3.05) is 5.32 Å². The average Bonchev–Trinajstić information content (AvgIpc) is 2.30. The maximum absolute atomic E-state index is 13.6. The molecule has 0 spiro atoms. The highest BCUT2D eigenvalue weighted by Crippen LogP contribution is 2.24. The minimum atomic E-state index is -0.293. The second-order valence-electron chi connectivity index (χ2n) is 4.07. The highest BCUT2D eigenvalue weighted by molar-refractivity contribution is 9.10. The topological polar surface area (TPSA) is 12.0 Å². The van der Waals surface area contributed by atoms with Crippen LogP contribution in [0.1, 0.15) is 11.1 Å². The fraction of sp³-hybridized carbons (Fsp3) is 0.143. The number of halogens is 3. The van der Waals surface area contributed by atoms with Gasteiger partial charge in [0.15, 0.2) is 0 Å². The van der Waals surface area contributed by atoms with Gasteiger partial charge in [0.25, 0.3) is 0 Å². The largest absolute Gasteiger partial charge is 0.380 e. The van der Waals surface area contributed by atoms with Crippen LogP contribution in [-0.2, 0) is 6.54 Å². The van der Waals surface area contributed by atoms with Gasteiger partial charge in [-0.3, -0.25) is 0 Å². The lowest BCUT2D eigenvalue weighted by atomic mass is 10.2. The first-order valence-electron chi connectivity index (χ1n) is 5.50. The lowest BCUT2D eigenvalue weighted by Gasteiger charge is -2.10. The molecule has 0 saturated heterocycles. The SMILES string of the molecule is Cc1ccc(NCc2ccc(Cl)cc2F)c(Br)c1. The Hall–Kier alpha value is -1.06. The Morgan fingerprint density at radius 1 is 1.22 bits per heavy atom. The van der Waals surface area contributed by atoms with Gasteiger partial charge >= 0.3 is 0 Å². The van der Waals surface area contributed by atoms with Crippen LogP contribution in [0.25, 0.3) is 0 Å². The van der Waals surface area contributed by atoms with Crippen LogP contribution in [0.2, 0.25) is 5.02 Å². The molecule has 4 heteroatoms. The maximum atomic E-state index is 13.6. The Labute approximate surface area is 119 Å².